The molecular weight excluding hydrogens is 326 g/mol. The molecule has 1 fully saturated rings. The Kier molecular flexibility index (Phi) is 5.10. The molecule has 2 aromatic rings. The molecule has 4 rings (SSSR count). The standard InChI is InChI=1S/C21H31N3S/c1-4-14-7-10-19-17(11-14)20-18(22-13-23-21(20)25-19)12-15-5-8-16(9-6-15)24(2)3/h13-16H,4-12H2,1-3H3. The number of hydrogen-bond donors (Lipinski definition) is 0. The van der Waals surface area contributed by atoms with Crippen LogP contribution in [0.3, 0.4) is 0 Å². The summed E-state index contributed by atoms with van der Waals surface area (Å²) in [6, 6.07) is 0.779. The van der Waals surface area contributed by atoms with E-state index in [4.69, 9.17) is 4.98 Å². The van der Waals surface area contributed by atoms with Gasteiger partial charge in [0, 0.05) is 16.3 Å². The van der Waals surface area contributed by atoms with Gasteiger partial charge in [-0.3, -0.25) is 0 Å². The van der Waals surface area contributed by atoms with Crippen molar-refractivity contribution >= 4 is 21.6 Å². The molecule has 2 aliphatic rings. The lowest BCUT2D eigenvalue weighted by atomic mass is 9.81. The van der Waals surface area contributed by atoms with Crippen molar-refractivity contribution < 1.29 is 0 Å². The smallest absolute Gasteiger partial charge is 0.127 e. The van der Waals surface area contributed by atoms with Crippen molar-refractivity contribution in [2.24, 2.45) is 11.8 Å². The fourth-order valence-corrected chi connectivity index (χ4v) is 6.09. The van der Waals surface area contributed by atoms with Crippen molar-refractivity contribution in [1.29, 1.82) is 0 Å². The predicted molar refractivity (Wildman–Crippen MR) is 106 cm³/mol. The molecule has 2 heterocycles. The van der Waals surface area contributed by atoms with E-state index < -0.39 is 0 Å². The number of fused-ring (bicyclic) bond motifs is 3. The van der Waals surface area contributed by atoms with E-state index in [1.165, 1.54) is 67.3 Å². The van der Waals surface area contributed by atoms with Crippen molar-refractivity contribution in [3.05, 3.63) is 22.5 Å². The zero-order valence-corrected chi connectivity index (χ0v) is 16.7. The third-order valence-electron chi connectivity index (χ3n) is 6.63. The Balaban J connectivity index is 1.57. The van der Waals surface area contributed by atoms with E-state index in [-0.39, 0.29) is 0 Å². The van der Waals surface area contributed by atoms with Crippen LogP contribution >= 0.6 is 11.3 Å². The maximum atomic E-state index is 4.77. The first-order valence-corrected chi connectivity index (χ1v) is 10.9. The van der Waals surface area contributed by atoms with Crippen LogP contribution in [0.5, 0.6) is 0 Å². The molecule has 0 radical (unpaired) electrons. The monoisotopic (exact) mass is 357 g/mol. The minimum atomic E-state index is 0.779. The Labute approximate surface area is 155 Å². The van der Waals surface area contributed by atoms with Gasteiger partial charge in [0.15, 0.2) is 0 Å². The highest BCUT2D eigenvalue weighted by Crippen LogP contribution is 2.40. The molecule has 1 unspecified atom stereocenters. The third-order valence-corrected chi connectivity index (χ3v) is 7.83. The van der Waals surface area contributed by atoms with Crippen molar-refractivity contribution in [3.8, 4) is 0 Å². The van der Waals surface area contributed by atoms with Crippen LogP contribution in [0.1, 0.15) is 61.6 Å². The number of aryl methyl sites for hydroxylation is 1. The molecule has 0 bridgehead atoms. The second kappa shape index (κ2) is 7.32. The predicted octanol–water partition coefficient (Wildman–Crippen LogP) is 4.87. The van der Waals surface area contributed by atoms with Crippen LogP contribution in [0.15, 0.2) is 6.33 Å². The summed E-state index contributed by atoms with van der Waals surface area (Å²) in [4.78, 5) is 14.6. The van der Waals surface area contributed by atoms with Crippen LogP contribution < -0.4 is 0 Å². The maximum Gasteiger partial charge on any atom is 0.127 e. The summed E-state index contributed by atoms with van der Waals surface area (Å²) in [5.41, 5.74) is 2.95. The van der Waals surface area contributed by atoms with Gasteiger partial charge >= 0.3 is 0 Å². The molecule has 2 aromatic heterocycles. The zero-order chi connectivity index (χ0) is 17.4. The van der Waals surface area contributed by atoms with Crippen molar-refractivity contribution in [1.82, 2.24) is 14.9 Å². The molecule has 0 spiro atoms. The van der Waals surface area contributed by atoms with Crippen molar-refractivity contribution in [3.63, 3.8) is 0 Å². The molecule has 25 heavy (non-hydrogen) atoms. The number of nitrogens with zero attached hydrogens (tertiary/aromatic N) is 3. The molecule has 2 aliphatic carbocycles. The maximum absolute atomic E-state index is 4.77. The van der Waals surface area contributed by atoms with Crippen LogP contribution in [-0.4, -0.2) is 35.0 Å². The summed E-state index contributed by atoms with van der Waals surface area (Å²) < 4.78 is 0. The quantitative estimate of drug-likeness (QED) is 0.782. The van der Waals surface area contributed by atoms with E-state index in [2.05, 4.69) is 30.9 Å². The van der Waals surface area contributed by atoms with Gasteiger partial charge in [-0.05, 0) is 82.9 Å². The first-order chi connectivity index (χ1) is 12.2. The van der Waals surface area contributed by atoms with Gasteiger partial charge in [-0.15, -0.1) is 11.3 Å². The molecule has 136 valence electrons. The Morgan fingerprint density at radius 1 is 1.08 bits per heavy atom. The lowest BCUT2D eigenvalue weighted by molar-refractivity contribution is 0.193. The lowest BCUT2D eigenvalue weighted by Gasteiger charge is -2.32. The summed E-state index contributed by atoms with van der Waals surface area (Å²) in [6.07, 6.45) is 13.5. The summed E-state index contributed by atoms with van der Waals surface area (Å²) in [7, 11) is 4.45. The first-order valence-electron chi connectivity index (χ1n) is 10.1. The van der Waals surface area contributed by atoms with Crippen molar-refractivity contribution in [2.45, 2.75) is 70.8 Å². The molecule has 3 nitrogen and oxygen atoms in total. The molecule has 0 N–H and O–H groups in total. The van der Waals surface area contributed by atoms with E-state index >= 15 is 0 Å². The van der Waals surface area contributed by atoms with Crippen LogP contribution in [0, 0.1) is 11.8 Å². The topological polar surface area (TPSA) is 29.0 Å². The highest BCUT2D eigenvalue weighted by molar-refractivity contribution is 7.18. The Hall–Kier alpha value is -1.00. The number of hydrogen-bond acceptors (Lipinski definition) is 4. The first kappa shape index (κ1) is 17.4. The molecular formula is C21H31N3S. The van der Waals surface area contributed by atoms with Gasteiger partial charge in [-0.2, -0.15) is 0 Å². The number of aromatic nitrogens is 2. The van der Waals surface area contributed by atoms with Gasteiger partial charge in [0.1, 0.15) is 11.2 Å². The number of rotatable bonds is 4. The largest absolute Gasteiger partial charge is 0.306 e. The summed E-state index contributed by atoms with van der Waals surface area (Å²) in [5, 5.41) is 1.44. The van der Waals surface area contributed by atoms with E-state index in [0.29, 0.717) is 0 Å². The Morgan fingerprint density at radius 2 is 1.88 bits per heavy atom. The average Bonchev–Trinajstić information content (AvgIpc) is 3.00. The summed E-state index contributed by atoms with van der Waals surface area (Å²) in [6.45, 7) is 2.34. The SMILES string of the molecule is CCC1CCc2sc3ncnc(CC4CCC(N(C)C)CC4)c3c2C1. The minimum Gasteiger partial charge on any atom is -0.306 e. The second-order valence-electron chi connectivity index (χ2n) is 8.36. The minimum absolute atomic E-state index is 0.779. The molecule has 0 amide bonds. The van der Waals surface area contributed by atoms with Gasteiger partial charge in [-0.25, -0.2) is 9.97 Å². The van der Waals surface area contributed by atoms with Crippen molar-refractivity contribution in [2.75, 3.05) is 14.1 Å². The second-order valence-corrected chi connectivity index (χ2v) is 9.45. The van der Waals surface area contributed by atoms with Crippen LogP contribution in [0.2, 0.25) is 0 Å². The zero-order valence-electron chi connectivity index (χ0n) is 15.9. The Bertz CT molecular complexity index is 728. The van der Waals surface area contributed by atoms with Crippen LogP contribution in [0.4, 0.5) is 0 Å². The van der Waals surface area contributed by atoms with Gasteiger partial charge in [0.05, 0.1) is 5.69 Å². The van der Waals surface area contributed by atoms with E-state index in [1.54, 1.807) is 10.4 Å². The molecule has 4 heteroatoms. The van der Waals surface area contributed by atoms with Gasteiger partial charge in [0.2, 0.25) is 0 Å². The Morgan fingerprint density at radius 3 is 2.60 bits per heavy atom. The third kappa shape index (κ3) is 3.48. The number of thiophene rings is 1. The highest BCUT2D eigenvalue weighted by atomic mass is 32.1. The van der Waals surface area contributed by atoms with E-state index in [9.17, 15) is 0 Å². The molecule has 1 saturated carbocycles. The lowest BCUT2D eigenvalue weighted by Crippen LogP contribution is -2.32. The fraction of sp³-hybridized carbons (Fsp3) is 0.714. The fourth-order valence-electron chi connectivity index (χ4n) is 4.89. The van der Waals surface area contributed by atoms with Crippen LogP contribution in [-0.2, 0) is 19.3 Å². The van der Waals surface area contributed by atoms with Gasteiger partial charge < -0.3 is 4.90 Å². The molecule has 0 saturated heterocycles. The summed E-state index contributed by atoms with van der Waals surface area (Å²) >= 11 is 1.93. The highest BCUT2D eigenvalue weighted by Gasteiger charge is 2.27. The van der Waals surface area contributed by atoms with E-state index in [0.717, 1.165) is 24.3 Å². The normalized spacial score (nSPS) is 27.0. The van der Waals surface area contributed by atoms with Gasteiger partial charge in [-0.1, -0.05) is 13.3 Å². The summed E-state index contributed by atoms with van der Waals surface area (Å²) in [5.74, 6) is 1.66. The molecule has 1 atom stereocenters. The van der Waals surface area contributed by atoms with Gasteiger partial charge in [0.25, 0.3) is 0 Å². The van der Waals surface area contributed by atoms with Crippen LogP contribution in [0.25, 0.3) is 10.2 Å². The van der Waals surface area contributed by atoms with E-state index in [1.807, 2.05) is 17.7 Å². The molecule has 0 aliphatic heterocycles. The average molecular weight is 358 g/mol. The molecule has 0 aromatic carbocycles.